The van der Waals surface area contributed by atoms with E-state index >= 15 is 0 Å². The SMILES string of the molecule is COC(=O)Nc1cc(C2=NOC(C)(COC(C)=O)C2)c(Cl)cc1F. The van der Waals surface area contributed by atoms with Gasteiger partial charge in [-0.15, -0.1) is 0 Å². The highest BCUT2D eigenvalue weighted by Crippen LogP contribution is 2.32. The van der Waals surface area contributed by atoms with E-state index in [0.717, 1.165) is 6.07 Å². The maximum atomic E-state index is 13.9. The first-order valence-corrected chi connectivity index (χ1v) is 7.35. The van der Waals surface area contributed by atoms with Crippen molar-refractivity contribution in [3.63, 3.8) is 0 Å². The molecule has 0 bridgehead atoms. The summed E-state index contributed by atoms with van der Waals surface area (Å²) in [6.07, 6.45) is -0.519. The monoisotopic (exact) mass is 358 g/mol. The summed E-state index contributed by atoms with van der Waals surface area (Å²) in [5, 5.41) is 6.31. The lowest BCUT2D eigenvalue weighted by atomic mass is 9.96. The van der Waals surface area contributed by atoms with Crippen molar-refractivity contribution >= 4 is 35.1 Å². The van der Waals surface area contributed by atoms with Gasteiger partial charge in [-0.3, -0.25) is 10.1 Å². The Balaban J connectivity index is 2.21. The number of nitrogens with zero attached hydrogens (tertiary/aromatic N) is 1. The number of esters is 1. The summed E-state index contributed by atoms with van der Waals surface area (Å²) >= 11 is 6.07. The molecule has 1 amide bonds. The molecule has 1 unspecified atom stereocenters. The molecule has 0 aromatic heterocycles. The lowest BCUT2D eigenvalue weighted by Gasteiger charge is -2.20. The van der Waals surface area contributed by atoms with Gasteiger partial charge in [0, 0.05) is 18.9 Å². The first-order chi connectivity index (χ1) is 11.2. The number of anilines is 1. The van der Waals surface area contributed by atoms with Crippen molar-refractivity contribution in [2.75, 3.05) is 19.0 Å². The van der Waals surface area contributed by atoms with Crippen molar-refractivity contribution < 1.29 is 28.3 Å². The summed E-state index contributed by atoms with van der Waals surface area (Å²) in [6, 6.07) is 2.40. The maximum Gasteiger partial charge on any atom is 0.411 e. The van der Waals surface area contributed by atoms with Crippen LogP contribution in [0.5, 0.6) is 0 Å². The van der Waals surface area contributed by atoms with Gasteiger partial charge < -0.3 is 14.3 Å². The highest BCUT2D eigenvalue weighted by Gasteiger charge is 2.37. The molecular formula is C15H16ClFN2O5. The molecule has 0 saturated heterocycles. The quantitative estimate of drug-likeness (QED) is 0.836. The Hall–Kier alpha value is -2.35. The minimum atomic E-state index is -0.839. The zero-order valence-corrected chi connectivity index (χ0v) is 14.1. The Morgan fingerprint density at radius 3 is 2.83 bits per heavy atom. The molecular weight excluding hydrogens is 343 g/mol. The van der Waals surface area contributed by atoms with Crippen LogP contribution in [0.1, 0.15) is 25.8 Å². The Morgan fingerprint density at radius 1 is 1.50 bits per heavy atom. The van der Waals surface area contributed by atoms with Crippen molar-refractivity contribution in [3.8, 4) is 0 Å². The number of amides is 1. The van der Waals surface area contributed by atoms with E-state index in [1.54, 1.807) is 6.92 Å². The second-order valence-corrected chi connectivity index (χ2v) is 5.87. The molecule has 1 aliphatic rings. The molecule has 0 spiro atoms. The van der Waals surface area contributed by atoms with Crippen LogP contribution in [0.15, 0.2) is 17.3 Å². The van der Waals surface area contributed by atoms with Crippen LogP contribution >= 0.6 is 11.6 Å². The molecule has 1 N–H and O–H groups in total. The van der Waals surface area contributed by atoms with E-state index in [1.165, 1.54) is 20.1 Å². The summed E-state index contributed by atoms with van der Waals surface area (Å²) in [5.74, 6) is -1.14. The normalized spacial score (nSPS) is 19.3. The van der Waals surface area contributed by atoms with Gasteiger partial charge in [-0.1, -0.05) is 16.8 Å². The molecule has 9 heteroatoms. The van der Waals surface area contributed by atoms with Crippen LogP contribution in [0.25, 0.3) is 0 Å². The number of hydrogen-bond donors (Lipinski definition) is 1. The molecule has 1 atom stereocenters. The van der Waals surface area contributed by atoms with Crippen molar-refractivity contribution in [2.24, 2.45) is 5.16 Å². The summed E-state index contributed by atoms with van der Waals surface area (Å²) in [6.45, 7) is 3.03. The molecule has 24 heavy (non-hydrogen) atoms. The van der Waals surface area contributed by atoms with E-state index < -0.39 is 23.5 Å². The minimum Gasteiger partial charge on any atom is -0.461 e. The van der Waals surface area contributed by atoms with Gasteiger partial charge in [-0.25, -0.2) is 9.18 Å². The van der Waals surface area contributed by atoms with E-state index in [2.05, 4.69) is 15.2 Å². The number of nitrogens with one attached hydrogen (secondary N) is 1. The molecule has 1 aliphatic heterocycles. The molecule has 0 radical (unpaired) electrons. The van der Waals surface area contributed by atoms with Gasteiger partial charge in [0.2, 0.25) is 0 Å². The Kier molecular flexibility index (Phi) is 5.28. The summed E-state index contributed by atoms with van der Waals surface area (Å²) in [4.78, 5) is 27.5. The van der Waals surface area contributed by atoms with Crippen LogP contribution in [-0.4, -0.2) is 37.1 Å². The third-order valence-corrected chi connectivity index (χ3v) is 3.60. The van der Waals surface area contributed by atoms with Gasteiger partial charge in [0.25, 0.3) is 0 Å². The molecule has 1 aromatic rings. The molecule has 2 rings (SSSR count). The lowest BCUT2D eigenvalue weighted by Crippen LogP contribution is -2.32. The van der Waals surface area contributed by atoms with Gasteiger partial charge in [-0.05, 0) is 19.1 Å². The predicted molar refractivity (Wildman–Crippen MR) is 84.7 cm³/mol. The van der Waals surface area contributed by atoms with Crippen LogP contribution in [0, 0.1) is 5.82 Å². The summed E-state index contributed by atoms with van der Waals surface area (Å²) in [7, 11) is 1.17. The average molecular weight is 359 g/mol. The van der Waals surface area contributed by atoms with Crippen LogP contribution in [0.2, 0.25) is 5.02 Å². The second-order valence-electron chi connectivity index (χ2n) is 5.46. The number of oxime groups is 1. The number of hydrogen-bond acceptors (Lipinski definition) is 6. The van der Waals surface area contributed by atoms with Crippen LogP contribution < -0.4 is 5.32 Å². The van der Waals surface area contributed by atoms with Gasteiger partial charge in [0.05, 0.1) is 23.5 Å². The topological polar surface area (TPSA) is 86.2 Å². The Morgan fingerprint density at radius 2 is 2.21 bits per heavy atom. The average Bonchev–Trinajstić information content (AvgIpc) is 2.90. The third kappa shape index (κ3) is 4.14. The summed E-state index contributed by atoms with van der Waals surface area (Å²) < 4.78 is 23.3. The van der Waals surface area contributed by atoms with Crippen LogP contribution in [0.4, 0.5) is 14.9 Å². The lowest BCUT2D eigenvalue weighted by molar-refractivity contribution is -0.149. The van der Waals surface area contributed by atoms with E-state index in [0.29, 0.717) is 17.7 Å². The predicted octanol–water partition coefficient (Wildman–Crippen LogP) is 3.10. The van der Waals surface area contributed by atoms with E-state index in [4.69, 9.17) is 21.2 Å². The molecule has 0 fully saturated rings. The van der Waals surface area contributed by atoms with Gasteiger partial charge in [0.1, 0.15) is 12.4 Å². The highest BCUT2D eigenvalue weighted by atomic mass is 35.5. The van der Waals surface area contributed by atoms with Crippen molar-refractivity contribution in [2.45, 2.75) is 25.9 Å². The van der Waals surface area contributed by atoms with Crippen molar-refractivity contribution in [1.29, 1.82) is 0 Å². The van der Waals surface area contributed by atoms with Crippen molar-refractivity contribution in [3.05, 3.63) is 28.5 Å². The zero-order chi connectivity index (χ0) is 17.9. The number of ether oxygens (including phenoxy) is 2. The smallest absolute Gasteiger partial charge is 0.411 e. The standard InChI is InChI=1S/C15H16ClFN2O5/c1-8(20)23-7-15(2)6-13(19-24-15)9-4-12(18-14(21)22-3)11(17)5-10(9)16/h4-5H,6-7H2,1-3H3,(H,18,21). The number of halogens is 2. The van der Waals surface area contributed by atoms with E-state index in [-0.39, 0.29) is 17.3 Å². The van der Waals surface area contributed by atoms with Gasteiger partial charge >= 0.3 is 12.1 Å². The fourth-order valence-electron chi connectivity index (χ4n) is 2.09. The number of methoxy groups -OCH3 is 1. The number of carbonyl (C=O) groups excluding carboxylic acids is 2. The van der Waals surface area contributed by atoms with Crippen molar-refractivity contribution in [1.82, 2.24) is 0 Å². The number of carbonyl (C=O) groups is 2. The Bertz CT molecular complexity index is 709. The third-order valence-electron chi connectivity index (χ3n) is 3.29. The summed E-state index contributed by atoms with van der Waals surface area (Å²) in [5.41, 5.74) is -0.0922. The number of benzene rings is 1. The van der Waals surface area contributed by atoms with Gasteiger partial charge in [0.15, 0.2) is 5.60 Å². The molecule has 0 saturated carbocycles. The second kappa shape index (κ2) is 7.04. The molecule has 1 aromatic carbocycles. The fourth-order valence-corrected chi connectivity index (χ4v) is 2.35. The van der Waals surface area contributed by atoms with Crippen LogP contribution in [0.3, 0.4) is 0 Å². The Labute approximate surface area is 142 Å². The van der Waals surface area contributed by atoms with E-state index in [1.807, 2.05) is 0 Å². The molecule has 0 aliphatic carbocycles. The minimum absolute atomic E-state index is 0.0153. The fraction of sp³-hybridized carbons (Fsp3) is 0.400. The molecule has 130 valence electrons. The zero-order valence-electron chi connectivity index (χ0n) is 13.3. The van der Waals surface area contributed by atoms with Crippen LogP contribution in [-0.2, 0) is 19.1 Å². The number of rotatable bonds is 4. The largest absolute Gasteiger partial charge is 0.461 e. The maximum absolute atomic E-state index is 13.9. The van der Waals surface area contributed by atoms with Gasteiger partial charge in [-0.2, -0.15) is 0 Å². The molecule has 1 heterocycles. The van der Waals surface area contributed by atoms with E-state index in [9.17, 15) is 14.0 Å². The highest BCUT2D eigenvalue weighted by molar-refractivity contribution is 6.34. The first-order valence-electron chi connectivity index (χ1n) is 6.97. The first kappa shape index (κ1) is 18.0. The molecule has 7 nitrogen and oxygen atoms in total.